The Morgan fingerprint density at radius 3 is 2.07 bits per heavy atom. The molecule has 6 nitrogen and oxygen atoms in total. The van der Waals surface area contributed by atoms with Crippen LogP contribution in [0.5, 0.6) is 11.5 Å². The molecule has 1 amide bonds. The lowest BCUT2D eigenvalue weighted by Gasteiger charge is -2.09. The van der Waals surface area contributed by atoms with Gasteiger partial charge in [0.1, 0.15) is 23.9 Å². The highest BCUT2D eigenvalue weighted by atomic mass is 19.1. The number of hydrogen-bond acceptors (Lipinski definition) is 5. The Hall–Kier alpha value is -3.87. The molecule has 3 aromatic rings. The molecular weight excluding hydrogens is 389 g/mol. The summed E-state index contributed by atoms with van der Waals surface area (Å²) in [7, 11) is 0. The van der Waals surface area contributed by atoms with Gasteiger partial charge in [-0.25, -0.2) is 9.18 Å². The van der Waals surface area contributed by atoms with Crippen molar-refractivity contribution in [3.8, 4) is 11.5 Å². The fourth-order valence-electron chi connectivity index (χ4n) is 2.43. The van der Waals surface area contributed by atoms with Crippen molar-refractivity contribution in [2.45, 2.75) is 6.61 Å². The van der Waals surface area contributed by atoms with Crippen LogP contribution in [0, 0.1) is 5.82 Å². The van der Waals surface area contributed by atoms with Crippen molar-refractivity contribution in [1.29, 1.82) is 0 Å². The average molecular weight is 409 g/mol. The van der Waals surface area contributed by atoms with Gasteiger partial charge >= 0.3 is 5.97 Å². The predicted molar refractivity (Wildman–Crippen MR) is 109 cm³/mol. The molecular formula is C23H20FNO5. The Morgan fingerprint density at radius 2 is 1.40 bits per heavy atom. The van der Waals surface area contributed by atoms with Gasteiger partial charge in [0, 0.05) is 5.69 Å². The molecule has 30 heavy (non-hydrogen) atoms. The number of ether oxygens (including phenoxy) is 3. The average Bonchev–Trinajstić information content (AvgIpc) is 2.78. The first-order valence-electron chi connectivity index (χ1n) is 9.19. The number of carbonyl (C=O) groups excluding carboxylic acids is 2. The van der Waals surface area contributed by atoms with Crippen LogP contribution in [0.1, 0.15) is 5.56 Å². The fraction of sp³-hybridized carbons (Fsp3) is 0.130. The summed E-state index contributed by atoms with van der Waals surface area (Å²) >= 11 is 0. The van der Waals surface area contributed by atoms with Crippen LogP contribution in [-0.2, 0) is 20.9 Å². The highest BCUT2D eigenvalue weighted by Gasteiger charge is 2.09. The molecule has 0 bridgehead atoms. The standard InChI is InChI=1S/C23H20FNO5/c24-18-6-8-19(9-7-18)25-22(26)15-30-23(27)16-29-21-12-10-20(11-13-21)28-14-17-4-2-1-3-5-17/h1-13H,14-16H2,(H,25,26). The van der Waals surface area contributed by atoms with Gasteiger partial charge in [-0.3, -0.25) is 4.79 Å². The Labute approximate surface area is 173 Å². The second kappa shape index (κ2) is 10.6. The number of halogens is 1. The summed E-state index contributed by atoms with van der Waals surface area (Å²) in [4.78, 5) is 23.5. The summed E-state index contributed by atoms with van der Waals surface area (Å²) < 4.78 is 28.7. The lowest BCUT2D eigenvalue weighted by molar-refractivity contribution is -0.149. The van der Waals surface area contributed by atoms with Crippen LogP contribution in [0.25, 0.3) is 0 Å². The minimum Gasteiger partial charge on any atom is -0.489 e. The SMILES string of the molecule is O=C(COC(=O)COc1ccc(OCc2ccccc2)cc1)Nc1ccc(F)cc1. The van der Waals surface area contributed by atoms with Crippen molar-refractivity contribution in [1.82, 2.24) is 0 Å². The quantitative estimate of drug-likeness (QED) is 0.542. The van der Waals surface area contributed by atoms with E-state index in [1.54, 1.807) is 24.3 Å². The third kappa shape index (κ3) is 6.94. The van der Waals surface area contributed by atoms with Crippen LogP contribution in [0.4, 0.5) is 10.1 Å². The first-order chi connectivity index (χ1) is 14.6. The lowest BCUT2D eigenvalue weighted by atomic mass is 10.2. The number of anilines is 1. The highest BCUT2D eigenvalue weighted by Crippen LogP contribution is 2.18. The second-order valence-corrected chi connectivity index (χ2v) is 6.25. The summed E-state index contributed by atoms with van der Waals surface area (Å²) in [6.45, 7) is -0.354. The van der Waals surface area contributed by atoms with E-state index in [9.17, 15) is 14.0 Å². The monoisotopic (exact) mass is 409 g/mol. The number of amides is 1. The molecule has 3 aromatic carbocycles. The molecule has 0 radical (unpaired) electrons. The van der Waals surface area contributed by atoms with Gasteiger partial charge in [-0.05, 0) is 54.1 Å². The Morgan fingerprint density at radius 1 is 0.767 bits per heavy atom. The van der Waals surface area contributed by atoms with E-state index in [-0.39, 0.29) is 6.61 Å². The van der Waals surface area contributed by atoms with E-state index in [4.69, 9.17) is 14.2 Å². The molecule has 3 rings (SSSR count). The van der Waals surface area contributed by atoms with Crippen molar-refractivity contribution in [3.05, 3.63) is 90.2 Å². The lowest BCUT2D eigenvalue weighted by Crippen LogP contribution is -2.23. The minimum atomic E-state index is -0.686. The van der Waals surface area contributed by atoms with Crippen LogP contribution < -0.4 is 14.8 Å². The number of esters is 1. The first-order valence-corrected chi connectivity index (χ1v) is 9.19. The van der Waals surface area contributed by atoms with Gasteiger partial charge < -0.3 is 19.5 Å². The molecule has 0 saturated heterocycles. The molecule has 154 valence electrons. The van der Waals surface area contributed by atoms with Crippen LogP contribution in [0.3, 0.4) is 0 Å². The maximum absolute atomic E-state index is 12.8. The molecule has 0 aromatic heterocycles. The van der Waals surface area contributed by atoms with E-state index >= 15 is 0 Å². The topological polar surface area (TPSA) is 73.9 Å². The molecule has 0 aliphatic heterocycles. The minimum absolute atomic E-state index is 0.339. The number of hydrogen-bond donors (Lipinski definition) is 1. The summed E-state index contributed by atoms with van der Waals surface area (Å²) in [5, 5.41) is 2.49. The van der Waals surface area contributed by atoms with Gasteiger partial charge in [-0.1, -0.05) is 30.3 Å². The maximum atomic E-state index is 12.8. The molecule has 0 aliphatic rings. The van der Waals surface area contributed by atoms with E-state index in [0.717, 1.165) is 5.56 Å². The second-order valence-electron chi connectivity index (χ2n) is 6.25. The van der Waals surface area contributed by atoms with Crippen LogP contribution in [0.2, 0.25) is 0 Å². The third-order valence-electron chi connectivity index (χ3n) is 3.92. The number of benzene rings is 3. The molecule has 0 aliphatic carbocycles. The van der Waals surface area contributed by atoms with E-state index in [2.05, 4.69) is 5.32 Å². The number of rotatable bonds is 9. The Kier molecular flexibility index (Phi) is 7.38. The van der Waals surface area contributed by atoms with E-state index < -0.39 is 24.3 Å². The zero-order chi connectivity index (χ0) is 21.2. The normalized spacial score (nSPS) is 10.2. The molecule has 0 atom stereocenters. The molecule has 0 fully saturated rings. The molecule has 0 spiro atoms. The predicted octanol–water partition coefficient (Wildman–Crippen LogP) is 3.97. The van der Waals surface area contributed by atoms with Gasteiger partial charge in [0.2, 0.25) is 0 Å². The summed E-state index contributed by atoms with van der Waals surface area (Å²) in [6.07, 6.45) is 0. The molecule has 7 heteroatoms. The highest BCUT2D eigenvalue weighted by molar-refractivity contribution is 5.92. The van der Waals surface area contributed by atoms with Crippen LogP contribution in [0.15, 0.2) is 78.9 Å². The number of nitrogens with one attached hydrogen (secondary N) is 1. The van der Waals surface area contributed by atoms with Crippen molar-refractivity contribution in [2.24, 2.45) is 0 Å². The van der Waals surface area contributed by atoms with Gasteiger partial charge in [0.15, 0.2) is 13.2 Å². The molecule has 0 unspecified atom stereocenters. The largest absolute Gasteiger partial charge is 0.489 e. The summed E-state index contributed by atoms with van der Waals surface area (Å²) in [5.74, 6) is -0.489. The summed E-state index contributed by atoms with van der Waals surface area (Å²) in [5.41, 5.74) is 1.47. The fourth-order valence-corrected chi connectivity index (χ4v) is 2.43. The van der Waals surface area contributed by atoms with E-state index in [0.29, 0.717) is 23.8 Å². The maximum Gasteiger partial charge on any atom is 0.344 e. The molecule has 0 heterocycles. The van der Waals surface area contributed by atoms with E-state index in [1.165, 1.54) is 24.3 Å². The Balaban J connectivity index is 1.35. The van der Waals surface area contributed by atoms with Gasteiger partial charge in [-0.15, -0.1) is 0 Å². The van der Waals surface area contributed by atoms with Crippen molar-refractivity contribution in [2.75, 3.05) is 18.5 Å². The Bertz CT molecular complexity index is 959. The smallest absolute Gasteiger partial charge is 0.344 e. The zero-order valence-corrected chi connectivity index (χ0v) is 16.0. The van der Waals surface area contributed by atoms with Gasteiger partial charge in [0.05, 0.1) is 0 Å². The van der Waals surface area contributed by atoms with Crippen molar-refractivity contribution < 1.29 is 28.2 Å². The number of carbonyl (C=O) groups is 2. The van der Waals surface area contributed by atoms with Crippen LogP contribution >= 0.6 is 0 Å². The molecule has 0 saturated carbocycles. The van der Waals surface area contributed by atoms with Gasteiger partial charge in [0.25, 0.3) is 5.91 Å². The van der Waals surface area contributed by atoms with Gasteiger partial charge in [-0.2, -0.15) is 0 Å². The van der Waals surface area contributed by atoms with Crippen molar-refractivity contribution >= 4 is 17.6 Å². The molecule has 1 N–H and O–H groups in total. The third-order valence-corrected chi connectivity index (χ3v) is 3.92. The van der Waals surface area contributed by atoms with Crippen molar-refractivity contribution in [3.63, 3.8) is 0 Å². The van der Waals surface area contributed by atoms with E-state index in [1.807, 2.05) is 30.3 Å². The van der Waals surface area contributed by atoms with Crippen LogP contribution in [-0.4, -0.2) is 25.1 Å². The first kappa shape index (κ1) is 20.9. The summed E-state index contributed by atoms with van der Waals surface area (Å²) in [6, 6.07) is 21.9. The zero-order valence-electron chi connectivity index (χ0n) is 16.0.